The number of rotatable bonds is 19. The van der Waals surface area contributed by atoms with Crippen molar-refractivity contribution in [1.29, 1.82) is 0 Å². The number of carbonyl (C=O) groups is 4. The number of hydrogen-bond acceptors (Lipinski definition) is 19. The molecule has 8 aromatic carbocycles. The fourth-order valence-corrected chi connectivity index (χ4v) is 12.1. The van der Waals surface area contributed by atoms with Crippen LogP contribution in [-0.2, 0) is 0 Å². The summed E-state index contributed by atoms with van der Waals surface area (Å²) in [5.41, 5.74) is 21.9. The predicted molar refractivity (Wildman–Crippen MR) is 449 cm³/mol. The molecule has 606 valence electrons. The molecule has 0 aliphatic carbocycles. The van der Waals surface area contributed by atoms with Crippen molar-refractivity contribution >= 4 is 86.7 Å². The van der Waals surface area contributed by atoms with Gasteiger partial charge in [0, 0.05) is 64.2 Å². The zero-order valence-corrected chi connectivity index (χ0v) is 67.5. The first-order valence-corrected chi connectivity index (χ1v) is 36.5. The quantitative estimate of drug-likeness (QED) is 0.0206. The van der Waals surface area contributed by atoms with Gasteiger partial charge in [-0.15, -0.1) is 0 Å². The highest BCUT2D eigenvalue weighted by molar-refractivity contribution is 6.42. The van der Waals surface area contributed by atoms with Crippen molar-refractivity contribution in [2.24, 2.45) is 20.4 Å². The number of phenolic OH excluding ortho intramolecular Hbond substituents is 1. The largest absolute Gasteiger partial charge is 0.507 e. The van der Waals surface area contributed by atoms with E-state index in [0.29, 0.717) is 95.0 Å². The number of phenols is 1. The molecule has 0 aliphatic rings. The minimum Gasteiger partial charge on any atom is -0.507 e. The highest BCUT2D eigenvalue weighted by atomic mass is 35.5. The van der Waals surface area contributed by atoms with E-state index in [0.717, 1.165) is 39.4 Å². The van der Waals surface area contributed by atoms with Crippen molar-refractivity contribution in [2.75, 3.05) is 0 Å². The molecule has 34 nitrogen and oxygen atoms in total. The van der Waals surface area contributed by atoms with Crippen LogP contribution in [0.2, 0.25) is 10.0 Å². The third-order valence-electron chi connectivity index (χ3n) is 18.6. The highest BCUT2D eigenvalue weighted by Crippen LogP contribution is 2.26. The van der Waals surface area contributed by atoms with Crippen LogP contribution in [0.25, 0.3) is 22.7 Å². The monoisotopic (exact) mass is 1640 g/mol. The molecule has 12 rings (SSSR count). The number of nitro benzene ring substituents is 3. The molecule has 0 saturated carbocycles. The number of amides is 4. The van der Waals surface area contributed by atoms with Gasteiger partial charge < -0.3 is 5.11 Å². The van der Waals surface area contributed by atoms with Gasteiger partial charge in [-0.25, -0.2) is 40.4 Å². The molecule has 4 amide bonds. The number of nitrogens with one attached hydrogen (secondary N) is 8. The number of non-ortho nitro benzene ring substituents is 2. The Morgan fingerprint density at radius 2 is 0.695 bits per heavy atom. The van der Waals surface area contributed by atoms with Gasteiger partial charge in [0.25, 0.3) is 62.9 Å². The second-order valence-electron chi connectivity index (χ2n) is 26.9. The average Bonchev–Trinajstić information content (AvgIpc) is 1.66. The molecule has 4 heterocycles. The number of carbonyl (C=O) groups excluding carboxylic acids is 4. The minimum absolute atomic E-state index is 0.0815. The third-order valence-corrected chi connectivity index (χ3v) is 19.3. The van der Waals surface area contributed by atoms with Crippen molar-refractivity contribution in [1.82, 2.24) is 60.8 Å². The minimum atomic E-state index is -0.732. The van der Waals surface area contributed by atoms with Gasteiger partial charge in [-0.1, -0.05) is 71.7 Å². The number of hydrazone groups is 4. The molecular formula is C82H79Cl2N19O15. The lowest BCUT2D eigenvalue weighted by Crippen LogP contribution is -2.24. The normalized spacial score (nSPS) is 11.4. The summed E-state index contributed by atoms with van der Waals surface area (Å²) >= 11 is 11.9. The molecule has 12 aromatic rings. The first-order chi connectivity index (χ1) is 55.9. The maximum atomic E-state index is 12.9. The maximum Gasteiger partial charge on any atom is 0.282 e. The molecule has 4 aromatic heterocycles. The number of aromatic nitrogens is 8. The zero-order chi connectivity index (χ0) is 86.4. The summed E-state index contributed by atoms with van der Waals surface area (Å²) in [6.45, 7) is 25.3. The lowest BCUT2D eigenvalue weighted by Gasteiger charge is -2.05. The standard InChI is InChI=1S/3C21H21N5O4.C19H16Cl2N4O3/c1-12-5-8-18(11-13(12)2)25-21(28)19(15(4)24-25)14(3)22-23-20(27)16-6-9-17(10-7-16)26(29)30;1-12-8-9-17(10-13(12)2)25-21(28)19(15(4)24-25)14(3)22-23-20(27)16-6-5-7-18(11-16)26(29)30;1-12-9-10-16(11-13(12)2)25-21(28)19(15(4)24-25)14(3)22-23-20(27)17-7-5-6-8-18(17)26(29)30;1-10(22-23-18(27)13-5-3-4-6-16(13)26)17-11(2)24-25(19(17)28)12-7-8-14(20)15(21)9-12/h3*5-11,24H,1-4H3,(H,23,27);3-9,24,26H,1-2H3,(H,23,27). The molecule has 9 N–H and O–H groups in total. The van der Waals surface area contributed by atoms with Gasteiger partial charge in [-0.3, -0.25) is 89.1 Å². The van der Waals surface area contributed by atoms with Crippen LogP contribution in [0.3, 0.4) is 0 Å². The Kier molecular flexibility index (Phi) is 27.8. The van der Waals surface area contributed by atoms with Crippen LogP contribution in [0.4, 0.5) is 17.1 Å². The highest BCUT2D eigenvalue weighted by Gasteiger charge is 2.24. The molecule has 118 heavy (non-hydrogen) atoms. The Labute approximate surface area is 681 Å². The fraction of sp³-hybridized carbons (Fsp3) is 0.171. The lowest BCUT2D eigenvalue weighted by molar-refractivity contribution is -0.385. The summed E-state index contributed by atoms with van der Waals surface area (Å²) in [4.78, 5) is 132. The van der Waals surface area contributed by atoms with Crippen molar-refractivity contribution in [3.8, 4) is 28.5 Å². The Bertz CT molecular complexity index is 6370. The van der Waals surface area contributed by atoms with E-state index in [1.807, 2.05) is 96.1 Å². The smallest absolute Gasteiger partial charge is 0.282 e. The second-order valence-corrected chi connectivity index (χ2v) is 27.7. The Morgan fingerprint density at radius 1 is 0.356 bits per heavy atom. The first-order valence-electron chi connectivity index (χ1n) is 35.7. The number of H-pyrrole nitrogens is 4. The van der Waals surface area contributed by atoms with Crippen LogP contribution in [0.1, 0.15) is 148 Å². The number of hydrogen-bond donors (Lipinski definition) is 9. The summed E-state index contributed by atoms with van der Waals surface area (Å²) in [5.74, 6) is -2.62. The van der Waals surface area contributed by atoms with Gasteiger partial charge in [0.15, 0.2) is 0 Å². The lowest BCUT2D eigenvalue weighted by atomic mass is 10.1. The predicted octanol–water partition coefficient (Wildman–Crippen LogP) is 13.1. The summed E-state index contributed by atoms with van der Waals surface area (Å²) < 4.78 is 5.60. The van der Waals surface area contributed by atoms with Crippen molar-refractivity contribution in [3.05, 3.63) is 352 Å². The van der Waals surface area contributed by atoms with Crippen molar-refractivity contribution < 1.29 is 39.1 Å². The number of nitrogens with zero attached hydrogens (tertiary/aromatic N) is 11. The Morgan fingerprint density at radius 3 is 1.06 bits per heavy atom. The summed E-state index contributed by atoms with van der Waals surface area (Å²) in [7, 11) is 0. The van der Waals surface area contributed by atoms with Crippen LogP contribution in [0.5, 0.6) is 5.75 Å². The van der Waals surface area contributed by atoms with Crippen LogP contribution >= 0.6 is 23.2 Å². The third kappa shape index (κ3) is 20.3. The maximum absolute atomic E-state index is 12.9. The molecular weight excluding hydrogens is 1560 g/mol. The first kappa shape index (κ1) is 86.9. The topological polar surface area (TPSA) is 467 Å². The molecule has 0 aliphatic heterocycles. The molecule has 0 radical (unpaired) electrons. The van der Waals surface area contributed by atoms with Crippen LogP contribution in [0, 0.1) is 99.6 Å². The van der Waals surface area contributed by atoms with E-state index in [1.165, 1.54) is 97.6 Å². The Balaban J connectivity index is 0.000000179. The molecule has 0 atom stereocenters. The van der Waals surface area contributed by atoms with Crippen LogP contribution in [0.15, 0.2) is 209 Å². The van der Waals surface area contributed by atoms with E-state index in [4.69, 9.17) is 23.2 Å². The van der Waals surface area contributed by atoms with E-state index in [-0.39, 0.29) is 73.0 Å². The SMILES string of the molecule is CC(=NNC(=O)c1ccc([N+](=O)[O-])cc1)c1c(C)[nH]n(-c2ccc(C)c(C)c2)c1=O.CC(=NNC(=O)c1cccc([N+](=O)[O-])c1)c1c(C)[nH]n(-c2ccc(C)c(C)c2)c1=O.CC(=NNC(=O)c1ccccc1O)c1c(C)[nH]n(-c2ccc(Cl)c(Cl)c2)c1=O.CC(=NNC(=O)c1ccccc1[N+](=O)[O-])c1c(C)[nH]n(-c2ccc(C)c(C)c2)c1=O. The van der Waals surface area contributed by atoms with E-state index in [9.17, 15) is 73.8 Å². The molecule has 36 heteroatoms. The Hall–Kier alpha value is -15.1. The van der Waals surface area contributed by atoms with Gasteiger partial charge in [0.1, 0.15) is 11.3 Å². The van der Waals surface area contributed by atoms with E-state index >= 15 is 0 Å². The number of nitro groups is 3. The average molecular weight is 1640 g/mol. The van der Waals surface area contributed by atoms with E-state index in [1.54, 1.807) is 85.7 Å². The van der Waals surface area contributed by atoms with E-state index < -0.39 is 38.4 Å². The van der Waals surface area contributed by atoms with Gasteiger partial charge in [0.2, 0.25) is 0 Å². The molecule has 0 saturated heterocycles. The van der Waals surface area contributed by atoms with Crippen molar-refractivity contribution in [3.63, 3.8) is 0 Å². The van der Waals surface area contributed by atoms with E-state index in [2.05, 4.69) is 62.5 Å². The van der Waals surface area contributed by atoms with Crippen LogP contribution in [-0.4, -0.2) is 105 Å². The van der Waals surface area contributed by atoms with Gasteiger partial charge in [0.05, 0.1) is 98.2 Å². The van der Waals surface area contributed by atoms with Gasteiger partial charge in [-0.2, -0.15) is 20.4 Å². The summed E-state index contributed by atoms with van der Waals surface area (Å²) in [6.07, 6.45) is 0. The number of aromatic amines is 4. The number of aryl methyl sites for hydroxylation is 10. The van der Waals surface area contributed by atoms with Gasteiger partial charge in [-0.05, 0) is 221 Å². The summed E-state index contributed by atoms with van der Waals surface area (Å²) in [6, 6.07) is 44.0. The van der Waals surface area contributed by atoms with Gasteiger partial charge >= 0.3 is 0 Å². The number of benzene rings is 8. The van der Waals surface area contributed by atoms with Crippen molar-refractivity contribution in [2.45, 2.75) is 96.9 Å². The fourth-order valence-electron chi connectivity index (χ4n) is 11.8. The zero-order valence-electron chi connectivity index (χ0n) is 66.0. The molecule has 0 fully saturated rings. The molecule has 0 spiro atoms. The summed E-state index contributed by atoms with van der Waals surface area (Å²) in [5, 5.41) is 71.2. The molecule has 0 bridgehead atoms. The van der Waals surface area contributed by atoms with Crippen LogP contribution < -0.4 is 43.9 Å². The number of halogens is 2. The second kappa shape index (κ2) is 37.7. The number of aromatic hydroxyl groups is 1. The molecule has 0 unspecified atom stereocenters. The number of para-hydroxylation sites is 2.